The minimum absolute atomic E-state index is 0.00967. The molecule has 1 atom stereocenters. The van der Waals surface area contributed by atoms with Gasteiger partial charge in [-0.2, -0.15) is 0 Å². The smallest absolute Gasteiger partial charge is 0.307 e. The summed E-state index contributed by atoms with van der Waals surface area (Å²) in [6, 6.07) is -0.393. The van der Waals surface area contributed by atoms with Crippen LogP contribution in [0.3, 0.4) is 0 Å². The van der Waals surface area contributed by atoms with Crippen molar-refractivity contribution in [2.75, 3.05) is 13.2 Å². The maximum absolute atomic E-state index is 11.3. The molecule has 4 nitrogen and oxygen atoms in total. The Balaban J connectivity index is 3.88. The van der Waals surface area contributed by atoms with Crippen LogP contribution < -0.4 is 5.32 Å². The Morgan fingerprint density at radius 1 is 1.25 bits per heavy atom. The van der Waals surface area contributed by atoms with Gasteiger partial charge in [-0.05, 0) is 26.8 Å². The third-order valence-corrected chi connectivity index (χ3v) is 2.34. The fraction of sp³-hybridized carbons (Fsp3) is 0.833. The molecule has 0 aliphatic rings. The fourth-order valence-corrected chi connectivity index (χ4v) is 1.40. The Hall–Kier alpha value is -0.900. The van der Waals surface area contributed by atoms with Crippen LogP contribution in [0.4, 0.5) is 0 Å². The predicted octanol–water partition coefficient (Wildman–Crippen LogP) is 1.68. The summed E-state index contributed by atoms with van der Waals surface area (Å²) in [6.07, 6.45) is 3.44. The highest BCUT2D eigenvalue weighted by Gasteiger charge is 2.17. The van der Waals surface area contributed by atoms with Gasteiger partial charge < -0.3 is 10.1 Å². The van der Waals surface area contributed by atoms with Crippen LogP contribution in [0.15, 0.2) is 0 Å². The molecule has 0 bridgehead atoms. The summed E-state index contributed by atoms with van der Waals surface area (Å²) >= 11 is 0. The highest BCUT2D eigenvalue weighted by molar-refractivity contribution is 5.86. The van der Waals surface area contributed by atoms with Crippen LogP contribution in [0.2, 0.25) is 0 Å². The molecule has 0 saturated carbocycles. The summed E-state index contributed by atoms with van der Waals surface area (Å²) in [5.41, 5.74) is 0. The molecule has 0 fully saturated rings. The topological polar surface area (TPSA) is 55.4 Å². The Morgan fingerprint density at radius 3 is 2.44 bits per heavy atom. The van der Waals surface area contributed by atoms with Gasteiger partial charge in [-0.3, -0.25) is 9.59 Å². The summed E-state index contributed by atoms with van der Waals surface area (Å²) in [7, 11) is 0. The van der Waals surface area contributed by atoms with Gasteiger partial charge >= 0.3 is 5.97 Å². The number of carbonyl (C=O) groups excluding carboxylic acids is 2. The number of nitrogens with one attached hydrogen (secondary N) is 1. The number of unbranched alkanes of at least 4 members (excludes halogenated alkanes) is 2. The number of hydrogen-bond acceptors (Lipinski definition) is 4. The van der Waals surface area contributed by atoms with Gasteiger partial charge in [-0.1, -0.05) is 19.8 Å². The van der Waals surface area contributed by atoms with E-state index >= 15 is 0 Å². The summed E-state index contributed by atoms with van der Waals surface area (Å²) in [5.74, 6) is -0.324. The molecule has 0 aromatic heterocycles. The van der Waals surface area contributed by atoms with Crippen molar-refractivity contribution in [3.8, 4) is 0 Å². The third kappa shape index (κ3) is 7.40. The van der Waals surface area contributed by atoms with Crippen LogP contribution in [0, 0.1) is 0 Å². The zero-order valence-electron chi connectivity index (χ0n) is 10.5. The van der Waals surface area contributed by atoms with E-state index in [0.29, 0.717) is 6.61 Å². The molecule has 0 aromatic rings. The van der Waals surface area contributed by atoms with Gasteiger partial charge in [0.05, 0.1) is 19.1 Å². The number of carbonyl (C=O) groups is 2. The minimum Gasteiger partial charge on any atom is -0.466 e. The summed E-state index contributed by atoms with van der Waals surface area (Å²) in [6.45, 7) is 6.52. The Kier molecular flexibility index (Phi) is 8.81. The highest BCUT2D eigenvalue weighted by atomic mass is 16.5. The summed E-state index contributed by atoms with van der Waals surface area (Å²) in [5, 5.41) is 3.09. The second kappa shape index (κ2) is 9.33. The molecule has 0 heterocycles. The molecule has 4 heteroatoms. The first kappa shape index (κ1) is 15.1. The number of hydrogen-bond donors (Lipinski definition) is 1. The molecule has 0 saturated heterocycles. The van der Waals surface area contributed by atoms with E-state index < -0.39 is 6.04 Å². The molecular formula is C12H23NO3. The van der Waals surface area contributed by atoms with E-state index in [2.05, 4.69) is 12.2 Å². The van der Waals surface area contributed by atoms with Crippen molar-refractivity contribution >= 4 is 11.8 Å². The zero-order valence-corrected chi connectivity index (χ0v) is 10.5. The zero-order chi connectivity index (χ0) is 12.4. The van der Waals surface area contributed by atoms with Crippen molar-refractivity contribution in [1.82, 2.24) is 5.32 Å². The van der Waals surface area contributed by atoms with E-state index in [1.807, 2.05) is 0 Å². The molecule has 0 aliphatic heterocycles. The lowest BCUT2D eigenvalue weighted by Gasteiger charge is -2.14. The molecule has 94 valence electrons. The molecular weight excluding hydrogens is 206 g/mol. The van der Waals surface area contributed by atoms with E-state index in [-0.39, 0.29) is 18.2 Å². The molecule has 0 aromatic carbocycles. The summed E-state index contributed by atoms with van der Waals surface area (Å²) in [4.78, 5) is 22.5. The van der Waals surface area contributed by atoms with Crippen molar-refractivity contribution < 1.29 is 14.3 Å². The van der Waals surface area contributed by atoms with E-state index in [4.69, 9.17) is 4.74 Å². The number of ether oxygens (including phenoxy) is 1. The van der Waals surface area contributed by atoms with Crippen molar-refractivity contribution in [3.63, 3.8) is 0 Å². The predicted molar refractivity (Wildman–Crippen MR) is 63.2 cm³/mol. The van der Waals surface area contributed by atoms with Crippen molar-refractivity contribution in [3.05, 3.63) is 0 Å². The van der Waals surface area contributed by atoms with Gasteiger partial charge in [0, 0.05) is 0 Å². The highest BCUT2D eigenvalue weighted by Crippen LogP contribution is 1.99. The summed E-state index contributed by atoms with van der Waals surface area (Å²) < 4.78 is 4.82. The van der Waals surface area contributed by atoms with E-state index in [1.54, 1.807) is 6.92 Å². The Labute approximate surface area is 97.7 Å². The minimum atomic E-state index is -0.393. The lowest BCUT2D eigenvalue weighted by atomic mass is 10.1. The normalized spacial score (nSPS) is 12.2. The number of ketones is 1. The van der Waals surface area contributed by atoms with Gasteiger partial charge in [-0.15, -0.1) is 0 Å². The first-order valence-corrected chi connectivity index (χ1v) is 6.01. The Morgan fingerprint density at radius 2 is 1.94 bits per heavy atom. The second-order valence-corrected chi connectivity index (χ2v) is 3.83. The average Bonchev–Trinajstić information content (AvgIpc) is 2.22. The fourth-order valence-electron chi connectivity index (χ4n) is 1.40. The molecule has 0 amide bonds. The van der Waals surface area contributed by atoms with Crippen LogP contribution in [0.1, 0.15) is 46.5 Å². The molecule has 16 heavy (non-hydrogen) atoms. The van der Waals surface area contributed by atoms with Gasteiger partial charge in [0.25, 0.3) is 0 Å². The maximum atomic E-state index is 11.3. The van der Waals surface area contributed by atoms with Gasteiger partial charge in [0.15, 0.2) is 0 Å². The third-order valence-electron chi connectivity index (χ3n) is 2.34. The van der Waals surface area contributed by atoms with Crippen LogP contribution in [0.25, 0.3) is 0 Å². The molecule has 0 aliphatic carbocycles. The lowest BCUT2D eigenvalue weighted by molar-refractivity contribution is -0.145. The standard InChI is InChI=1S/C12H23NO3/c1-4-6-7-8-13-11(10(3)14)9-12(15)16-5-2/h11,13H,4-9H2,1-3H3. The van der Waals surface area contributed by atoms with Crippen molar-refractivity contribution in [2.45, 2.75) is 52.5 Å². The second-order valence-electron chi connectivity index (χ2n) is 3.83. The number of rotatable bonds is 9. The van der Waals surface area contributed by atoms with E-state index in [9.17, 15) is 9.59 Å². The molecule has 0 spiro atoms. The quantitative estimate of drug-likeness (QED) is 0.483. The van der Waals surface area contributed by atoms with E-state index in [0.717, 1.165) is 25.8 Å². The maximum Gasteiger partial charge on any atom is 0.307 e. The molecule has 1 N–H and O–H groups in total. The largest absolute Gasteiger partial charge is 0.466 e. The molecule has 1 unspecified atom stereocenters. The first-order valence-electron chi connectivity index (χ1n) is 6.01. The monoisotopic (exact) mass is 229 g/mol. The lowest BCUT2D eigenvalue weighted by Crippen LogP contribution is -2.38. The van der Waals surface area contributed by atoms with Gasteiger partial charge in [-0.25, -0.2) is 0 Å². The first-order chi connectivity index (χ1) is 7.61. The Bertz CT molecular complexity index is 216. The molecule has 0 radical (unpaired) electrons. The van der Waals surface area contributed by atoms with Crippen LogP contribution >= 0.6 is 0 Å². The number of esters is 1. The van der Waals surface area contributed by atoms with Crippen LogP contribution in [-0.4, -0.2) is 30.9 Å². The van der Waals surface area contributed by atoms with Crippen molar-refractivity contribution in [1.29, 1.82) is 0 Å². The SMILES string of the molecule is CCCCCNC(CC(=O)OCC)C(C)=O. The number of Topliss-reactive ketones (excluding diaryl/α,β-unsaturated/α-hetero) is 1. The van der Waals surface area contributed by atoms with Gasteiger partial charge in [0.1, 0.15) is 5.78 Å². The van der Waals surface area contributed by atoms with Gasteiger partial charge in [0.2, 0.25) is 0 Å². The molecule has 0 rings (SSSR count). The van der Waals surface area contributed by atoms with E-state index in [1.165, 1.54) is 6.92 Å². The van der Waals surface area contributed by atoms with Crippen molar-refractivity contribution in [2.24, 2.45) is 0 Å². The van der Waals surface area contributed by atoms with Crippen LogP contribution in [-0.2, 0) is 14.3 Å². The van der Waals surface area contributed by atoms with Crippen LogP contribution in [0.5, 0.6) is 0 Å². The average molecular weight is 229 g/mol.